The van der Waals surface area contributed by atoms with Crippen LogP contribution in [0.2, 0.25) is 0 Å². The van der Waals surface area contributed by atoms with Gasteiger partial charge in [-0.1, -0.05) is 37.3 Å². The number of carbonyl (C=O) groups excluding carboxylic acids is 2. The molecule has 4 rings (SSSR count). The van der Waals surface area contributed by atoms with Gasteiger partial charge in [-0.2, -0.15) is 0 Å². The van der Waals surface area contributed by atoms with Gasteiger partial charge in [-0.05, 0) is 30.2 Å². The van der Waals surface area contributed by atoms with Crippen molar-refractivity contribution in [1.29, 1.82) is 0 Å². The third-order valence-electron chi connectivity index (χ3n) is 5.66. The highest BCUT2D eigenvalue weighted by atomic mass is 16.3. The average Bonchev–Trinajstić information content (AvgIpc) is 3.21. The van der Waals surface area contributed by atoms with Gasteiger partial charge in [0.25, 0.3) is 0 Å². The van der Waals surface area contributed by atoms with Crippen molar-refractivity contribution in [2.24, 2.45) is 0 Å². The van der Waals surface area contributed by atoms with E-state index in [-0.39, 0.29) is 11.8 Å². The van der Waals surface area contributed by atoms with Gasteiger partial charge in [0.2, 0.25) is 11.8 Å². The summed E-state index contributed by atoms with van der Waals surface area (Å²) >= 11 is 0. The zero-order valence-corrected chi connectivity index (χ0v) is 17.8. The lowest BCUT2D eigenvalue weighted by molar-refractivity contribution is -0.133. The van der Waals surface area contributed by atoms with E-state index >= 15 is 0 Å². The summed E-state index contributed by atoms with van der Waals surface area (Å²) < 4.78 is 5.70. The fraction of sp³-hybridized carbons (Fsp3) is 0.375. The molecule has 7 heteroatoms. The molecule has 2 heterocycles. The molecule has 0 atom stereocenters. The third-order valence-corrected chi connectivity index (χ3v) is 5.66. The van der Waals surface area contributed by atoms with Crippen molar-refractivity contribution in [3.8, 4) is 0 Å². The molecule has 0 bridgehead atoms. The highest BCUT2D eigenvalue weighted by Gasteiger charge is 2.23. The van der Waals surface area contributed by atoms with Crippen LogP contribution in [-0.4, -0.2) is 59.3 Å². The summed E-state index contributed by atoms with van der Waals surface area (Å²) in [7, 11) is 0. The second-order valence-corrected chi connectivity index (χ2v) is 7.79. The van der Waals surface area contributed by atoms with Crippen molar-refractivity contribution in [2.75, 3.05) is 38.0 Å². The molecule has 1 N–H and O–H groups in total. The quantitative estimate of drug-likeness (QED) is 0.635. The molecule has 0 aliphatic carbocycles. The zero-order chi connectivity index (χ0) is 21.6. The van der Waals surface area contributed by atoms with Crippen molar-refractivity contribution < 1.29 is 14.0 Å². The maximum atomic E-state index is 12.6. The van der Waals surface area contributed by atoms with E-state index in [1.54, 1.807) is 0 Å². The highest BCUT2D eigenvalue weighted by molar-refractivity contribution is 5.93. The number of aromatic nitrogens is 1. The maximum Gasteiger partial charge on any atom is 0.238 e. The molecule has 0 saturated carbocycles. The summed E-state index contributed by atoms with van der Waals surface area (Å²) in [6.07, 6.45) is 1.74. The number of rotatable bonds is 7. The average molecular weight is 421 g/mol. The van der Waals surface area contributed by atoms with Crippen molar-refractivity contribution in [2.45, 2.75) is 26.2 Å². The van der Waals surface area contributed by atoms with E-state index in [2.05, 4.69) is 22.1 Å². The Kier molecular flexibility index (Phi) is 6.62. The minimum Gasteiger partial charge on any atom is -0.441 e. The predicted octanol–water partition coefficient (Wildman–Crippen LogP) is 3.11. The highest BCUT2D eigenvalue weighted by Crippen LogP contribution is 2.17. The Morgan fingerprint density at radius 1 is 1.03 bits per heavy atom. The molecule has 2 amide bonds. The van der Waals surface area contributed by atoms with Crippen LogP contribution in [0, 0.1) is 0 Å². The monoisotopic (exact) mass is 420 g/mol. The molecule has 1 saturated heterocycles. The molecule has 1 aliphatic rings. The second kappa shape index (κ2) is 9.75. The maximum absolute atomic E-state index is 12.6. The van der Waals surface area contributed by atoms with Gasteiger partial charge >= 0.3 is 0 Å². The molecule has 1 aromatic heterocycles. The van der Waals surface area contributed by atoms with E-state index in [4.69, 9.17) is 4.42 Å². The van der Waals surface area contributed by atoms with Crippen molar-refractivity contribution in [3.05, 3.63) is 60.0 Å². The summed E-state index contributed by atoms with van der Waals surface area (Å²) in [5.41, 5.74) is 3.57. The molecular formula is C24H28N4O3. The molecule has 31 heavy (non-hydrogen) atoms. The van der Waals surface area contributed by atoms with Crippen LogP contribution in [0.5, 0.6) is 0 Å². The molecule has 7 nitrogen and oxygen atoms in total. The van der Waals surface area contributed by atoms with Gasteiger partial charge in [0.15, 0.2) is 11.5 Å². The lowest BCUT2D eigenvalue weighted by Crippen LogP contribution is -2.50. The van der Waals surface area contributed by atoms with Crippen molar-refractivity contribution in [3.63, 3.8) is 0 Å². The smallest absolute Gasteiger partial charge is 0.238 e. The number of fused-ring (bicyclic) bond motifs is 1. The second-order valence-electron chi connectivity index (χ2n) is 7.79. The molecule has 0 radical (unpaired) electrons. The first-order valence-corrected chi connectivity index (χ1v) is 10.8. The first-order chi connectivity index (χ1) is 15.1. The molecular weight excluding hydrogens is 392 g/mol. The Labute approximate surface area is 182 Å². The number of nitrogens with zero attached hydrogens (tertiary/aromatic N) is 3. The van der Waals surface area contributed by atoms with Gasteiger partial charge in [0, 0.05) is 44.7 Å². The Morgan fingerprint density at radius 2 is 1.77 bits per heavy atom. The van der Waals surface area contributed by atoms with Crippen LogP contribution < -0.4 is 5.32 Å². The van der Waals surface area contributed by atoms with E-state index in [1.807, 2.05) is 53.4 Å². The van der Waals surface area contributed by atoms with E-state index in [9.17, 15) is 9.59 Å². The van der Waals surface area contributed by atoms with Crippen LogP contribution in [0.25, 0.3) is 11.1 Å². The molecule has 1 aliphatic heterocycles. The largest absolute Gasteiger partial charge is 0.441 e. The van der Waals surface area contributed by atoms with E-state index < -0.39 is 0 Å². The number of amides is 2. The number of aryl methyl sites for hydroxylation is 2. The number of hydrogen-bond acceptors (Lipinski definition) is 5. The minimum atomic E-state index is -0.0170. The van der Waals surface area contributed by atoms with Crippen LogP contribution in [0.1, 0.15) is 24.8 Å². The number of hydrogen-bond donors (Lipinski definition) is 1. The Balaban J connectivity index is 1.21. The SMILES string of the molecule is CCc1ccccc1NC(=O)CN1CCN(C(=O)CCc2nc3ccccc3o2)CC1. The fourth-order valence-electron chi connectivity index (χ4n) is 3.90. The van der Waals surface area contributed by atoms with Crippen LogP contribution >= 0.6 is 0 Å². The number of benzene rings is 2. The fourth-order valence-corrected chi connectivity index (χ4v) is 3.90. The van der Waals surface area contributed by atoms with Gasteiger partial charge in [-0.15, -0.1) is 0 Å². The normalized spacial score (nSPS) is 14.7. The first-order valence-electron chi connectivity index (χ1n) is 10.8. The lowest BCUT2D eigenvalue weighted by Gasteiger charge is -2.34. The van der Waals surface area contributed by atoms with Crippen LogP contribution in [0.15, 0.2) is 52.9 Å². The Morgan fingerprint density at radius 3 is 2.55 bits per heavy atom. The summed E-state index contributed by atoms with van der Waals surface area (Å²) in [5.74, 6) is 0.678. The van der Waals surface area contributed by atoms with Crippen LogP contribution in [0.4, 0.5) is 5.69 Å². The number of oxazole rings is 1. The number of anilines is 1. The van der Waals surface area contributed by atoms with Gasteiger partial charge in [-0.25, -0.2) is 4.98 Å². The molecule has 0 unspecified atom stereocenters. The van der Waals surface area contributed by atoms with Gasteiger partial charge < -0.3 is 14.6 Å². The molecule has 0 spiro atoms. The standard InChI is InChI=1S/C24H28N4O3/c1-2-18-7-3-4-8-19(18)25-22(29)17-27-13-15-28(16-14-27)24(30)12-11-23-26-20-9-5-6-10-21(20)31-23/h3-10H,2,11-17H2,1H3,(H,25,29). The van der Waals surface area contributed by atoms with E-state index in [0.29, 0.717) is 51.5 Å². The third kappa shape index (κ3) is 5.30. The topological polar surface area (TPSA) is 78.7 Å². The molecule has 3 aromatic rings. The summed E-state index contributed by atoms with van der Waals surface area (Å²) in [6, 6.07) is 15.5. The van der Waals surface area contributed by atoms with E-state index in [1.165, 1.54) is 0 Å². The first kappa shape index (κ1) is 21.1. The summed E-state index contributed by atoms with van der Waals surface area (Å²) in [4.78, 5) is 33.4. The van der Waals surface area contributed by atoms with Gasteiger partial charge in [0.1, 0.15) is 5.52 Å². The number of para-hydroxylation sites is 3. The van der Waals surface area contributed by atoms with Crippen molar-refractivity contribution >= 4 is 28.6 Å². The minimum absolute atomic E-state index is 0.0170. The number of piperazine rings is 1. The van der Waals surface area contributed by atoms with Gasteiger partial charge in [-0.3, -0.25) is 14.5 Å². The summed E-state index contributed by atoms with van der Waals surface area (Å²) in [5, 5.41) is 3.01. The lowest BCUT2D eigenvalue weighted by atomic mass is 10.1. The Bertz CT molecular complexity index is 1020. The molecule has 2 aromatic carbocycles. The summed E-state index contributed by atoms with van der Waals surface area (Å²) in [6.45, 7) is 5.06. The Hall–Kier alpha value is -3.19. The van der Waals surface area contributed by atoms with Crippen LogP contribution in [0.3, 0.4) is 0 Å². The molecule has 162 valence electrons. The molecule has 1 fully saturated rings. The van der Waals surface area contributed by atoms with Crippen molar-refractivity contribution in [1.82, 2.24) is 14.8 Å². The van der Waals surface area contributed by atoms with Gasteiger partial charge in [0.05, 0.1) is 6.54 Å². The zero-order valence-electron chi connectivity index (χ0n) is 17.8. The predicted molar refractivity (Wildman–Crippen MR) is 120 cm³/mol. The van der Waals surface area contributed by atoms with Crippen LogP contribution in [-0.2, 0) is 22.4 Å². The van der Waals surface area contributed by atoms with E-state index in [0.717, 1.165) is 28.8 Å². The number of nitrogens with one attached hydrogen (secondary N) is 1. The number of carbonyl (C=O) groups is 2.